The van der Waals surface area contributed by atoms with E-state index in [4.69, 9.17) is 5.73 Å². The second-order valence-corrected chi connectivity index (χ2v) is 5.94. The highest BCUT2D eigenvalue weighted by molar-refractivity contribution is 7.16. The lowest BCUT2D eigenvalue weighted by Crippen LogP contribution is -2.31. The number of aromatic nitrogens is 1. The Kier molecular flexibility index (Phi) is 2.87. The molecule has 5 heteroatoms. The van der Waals surface area contributed by atoms with Crippen molar-refractivity contribution < 1.29 is 0 Å². The zero-order valence-corrected chi connectivity index (χ0v) is 11.6. The van der Waals surface area contributed by atoms with Gasteiger partial charge in [0.2, 0.25) is 0 Å². The molecule has 0 bridgehead atoms. The Morgan fingerprint density at radius 2 is 2.28 bits per heavy atom. The second-order valence-electron chi connectivity index (χ2n) is 5.05. The van der Waals surface area contributed by atoms with E-state index in [9.17, 15) is 0 Å². The molecule has 0 amide bonds. The van der Waals surface area contributed by atoms with Gasteiger partial charge in [0.25, 0.3) is 0 Å². The highest BCUT2D eigenvalue weighted by atomic mass is 32.1. The van der Waals surface area contributed by atoms with Gasteiger partial charge in [0.05, 0.1) is 21.6 Å². The maximum absolute atomic E-state index is 6.25. The van der Waals surface area contributed by atoms with E-state index in [1.807, 2.05) is 5.51 Å². The van der Waals surface area contributed by atoms with Gasteiger partial charge in [-0.3, -0.25) is 0 Å². The van der Waals surface area contributed by atoms with Gasteiger partial charge in [-0.2, -0.15) is 0 Å². The van der Waals surface area contributed by atoms with Crippen molar-refractivity contribution in [2.75, 3.05) is 37.8 Å². The van der Waals surface area contributed by atoms with Gasteiger partial charge >= 0.3 is 0 Å². The van der Waals surface area contributed by atoms with Crippen LogP contribution in [0.1, 0.15) is 6.42 Å². The molecule has 2 N–H and O–H groups in total. The third-order valence-corrected chi connectivity index (χ3v) is 4.55. The molecule has 1 atom stereocenters. The molecule has 1 aliphatic heterocycles. The first-order valence-corrected chi connectivity index (χ1v) is 7.08. The number of hydrogen-bond acceptors (Lipinski definition) is 5. The molecular formula is C13H18N4S. The van der Waals surface area contributed by atoms with Crippen LogP contribution in [-0.4, -0.2) is 43.1 Å². The zero-order chi connectivity index (χ0) is 12.7. The van der Waals surface area contributed by atoms with Gasteiger partial charge in [0.1, 0.15) is 5.52 Å². The quantitative estimate of drug-likeness (QED) is 0.841. The van der Waals surface area contributed by atoms with E-state index < -0.39 is 0 Å². The van der Waals surface area contributed by atoms with Gasteiger partial charge in [0, 0.05) is 19.1 Å². The zero-order valence-electron chi connectivity index (χ0n) is 10.8. The first-order valence-electron chi connectivity index (χ1n) is 6.20. The molecule has 96 valence electrons. The number of nitrogen functional groups attached to an aromatic ring is 1. The lowest BCUT2D eigenvalue weighted by Gasteiger charge is -2.23. The molecule has 2 aromatic rings. The van der Waals surface area contributed by atoms with Crippen LogP contribution in [-0.2, 0) is 0 Å². The summed E-state index contributed by atoms with van der Waals surface area (Å²) in [4.78, 5) is 9.02. The summed E-state index contributed by atoms with van der Waals surface area (Å²) in [6, 6.07) is 4.88. The lowest BCUT2D eigenvalue weighted by atomic mass is 10.2. The summed E-state index contributed by atoms with van der Waals surface area (Å²) >= 11 is 1.64. The minimum atomic E-state index is 0.621. The number of nitrogens with zero attached hydrogens (tertiary/aromatic N) is 3. The maximum Gasteiger partial charge on any atom is 0.106 e. The maximum atomic E-state index is 6.25. The third kappa shape index (κ3) is 1.83. The third-order valence-electron chi connectivity index (χ3n) is 3.75. The van der Waals surface area contributed by atoms with Crippen molar-refractivity contribution in [3.8, 4) is 0 Å². The van der Waals surface area contributed by atoms with E-state index in [1.165, 1.54) is 11.1 Å². The van der Waals surface area contributed by atoms with Crippen molar-refractivity contribution in [3.63, 3.8) is 0 Å². The molecule has 1 unspecified atom stereocenters. The molecule has 2 heterocycles. The molecule has 0 spiro atoms. The minimum Gasteiger partial charge on any atom is -0.395 e. The van der Waals surface area contributed by atoms with E-state index in [0.717, 1.165) is 30.0 Å². The number of anilines is 2. The topological polar surface area (TPSA) is 45.4 Å². The van der Waals surface area contributed by atoms with Crippen LogP contribution in [0.2, 0.25) is 0 Å². The normalized spacial score (nSPS) is 20.2. The summed E-state index contributed by atoms with van der Waals surface area (Å²) in [5.41, 5.74) is 11.0. The molecule has 1 aromatic carbocycles. The van der Waals surface area contributed by atoms with Crippen LogP contribution in [0.4, 0.5) is 11.4 Å². The van der Waals surface area contributed by atoms with Crippen LogP contribution < -0.4 is 10.6 Å². The molecule has 1 fully saturated rings. The molecule has 1 saturated heterocycles. The molecular weight excluding hydrogens is 244 g/mol. The van der Waals surface area contributed by atoms with Gasteiger partial charge in [-0.05, 0) is 32.6 Å². The molecule has 0 radical (unpaired) electrons. The summed E-state index contributed by atoms with van der Waals surface area (Å²) < 4.78 is 1.17. The van der Waals surface area contributed by atoms with Crippen LogP contribution in [0.3, 0.4) is 0 Å². The Hall–Kier alpha value is -1.33. The largest absolute Gasteiger partial charge is 0.395 e. The molecule has 1 aliphatic rings. The van der Waals surface area contributed by atoms with Crippen LogP contribution in [0.5, 0.6) is 0 Å². The Bertz CT molecular complexity index is 563. The van der Waals surface area contributed by atoms with E-state index >= 15 is 0 Å². The first-order chi connectivity index (χ1) is 8.66. The van der Waals surface area contributed by atoms with Crippen molar-refractivity contribution >= 4 is 32.9 Å². The number of fused-ring (bicyclic) bond motifs is 1. The molecule has 1 aromatic heterocycles. The van der Waals surface area contributed by atoms with E-state index in [1.54, 1.807) is 11.3 Å². The minimum absolute atomic E-state index is 0.621. The van der Waals surface area contributed by atoms with Crippen molar-refractivity contribution in [2.24, 2.45) is 0 Å². The second kappa shape index (κ2) is 4.40. The van der Waals surface area contributed by atoms with Crippen LogP contribution in [0.15, 0.2) is 17.6 Å². The van der Waals surface area contributed by atoms with Crippen LogP contribution in [0, 0.1) is 0 Å². The van der Waals surface area contributed by atoms with Gasteiger partial charge in [-0.15, -0.1) is 11.3 Å². The van der Waals surface area contributed by atoms with Crippen molar-refractivity contribution in [1.29, 1.82) is 0 Å². The van der Waals surface area contributed by atoms with Crippen molar-refractivity contribution in [2.45, 2.75) is 12.5 Å². The molecule has 18 heavy (non-hydrogen) atoms. The van der Waals surface area contributed by atoms with Crippen molar-refractivity contribution in [1.82, 2.24) is 9.88 Å². The number of rotatable bonds is 2. The monoisotopic (exact) mass is 262 g/mol. The molecule has 0 aliphatic carbocycles. The Balaban J connectivity index is 1.93. The highest BCUT2D eigenvalue weighted by Crippen LogP contribution is 2.34. The Labute approximate surface area is 111 Å². The average molecular weight is 262 g/mol. The first kappa shape index (κ1) is 11.7. The number of hydrogen-bond donors (Lipinski definition) is 1. The van der Waals surface area contributed by atoms with Gasteiger partial charge in [0.15, 0.2) is 0 Å². The van der Waals surface area contributed by atoms with Crippen molar-refractivity contribution in [3.05, 3.63) is 17.6 Å². The summed E-state index contributed by atoms with van der Waals surface area (Å²) in [6.07, 6.45) is 1.20. The number of benzene rings is 1. The average Bonchev–Trinajstić information content (AvgIpc) is 2.97. The van der Waals surface area contributed by atoms with Gasteiger partial charge < -0.3 is 15.5 Å². The van der Waals surface area contributed by atoms with Gasteiger partial charge in [-0.25, -0.2) is 4.98 Å². The fourth-order valence-electron chi connectivity index (χ4n) is 2.60. The van der Waals surface area contributed by atoms with Gasteiger partial charge in [-0.1, -0.05) is 0 Å². The SMILES string of the molecule is CN(C)C1CCN(c2ccc3scnc3c2N)C1. The van der Waals surface area contributed by atoms with E-state index in [2.05, 4.69) is 41.0 Å². The molecule has 3 rings (SSSR count). The van der Waals surface area contributed by atoms with E-state index in [0.29, 0.717) is 6.04 Å². The fourth-order valence-corrected chi connectivity index (χ4v) is 3.29. The van der Waals surface area contributed by atoms with Crippen LogP contribution >= 0.6 is 11.3 Å². The predicted molar refractivity (Wildman–Crippen MR) is 78.3 cm³/mol. The smallest absolute Gasteiger partial charge is 0.106 e. The molecule has 4 nitrogen and oxygen atoms in total. The summed E-state index contributed by atoms with van der Waals surface area (Å²) in [7, 11) is 4.28. The molecule has 0 saturated carbocycles. The van der Waals surface area contributed by atoms with Crippen LogP contribution in [0.25, 0.3) is 10.2 Å². The summed E-state index contributed by atoms with van der Waals surface area (Å²) in [5.74, 6) is 0. The van der Waals surface area contributed by atoms with E-state index in [-0.39, 0.29) is 0 Å². The Morgan fingerprint density at radius 3 is 3.00 bits per heavy atom. The number of nitrogens with two attached hydrogens (primary N) is 1. The number of likely N-dealkylation sites (N-methyl/N-ethyl adjacent to an activating group) is 1. The highest BCUT2D eigenvalue weighted by Gasteiger charge is 2.25. The predicted octanol–water partition coefficient (Wildman–Crippen LogP) is 2.02. The number of thiazole rings is 1. The Morgan fingerprint density at radius 1 is 1.44 bits per heavy atom. The summed E-state index contributed by atoms with van der Waals surface area (Å²) in [5, 5.41) is 0. The lowest BCUT2D eigenvalue weighted by molar-refractivity contribution is 0.315. The summed E-state index contributed by atoms with van der Waals surface area (Å²) in [6.45, 7) is 2.12. The standard InChI is InChI=1S/C13H18N4S/c1-16(2)9-5-6-17(7-9)10-3-4-11-13(12(10)14)15-8-18-11/h3-4,8-9H,5-7,14H2,1-2H3. The fraction of sp³-hybridized carbons (Fsp3) is 0.462.